The van der Waals surface area contributed by atoms with Crippen LogP contribution in [0.15, 0.2) is 59.7 Å². The standard InChI is InChI=1S/C19H15N3O4/c1-12-7-9-22(13-5-6-14-15(10-13)26-11-25-14)19(24)17(12)18(23)21-16-4-2-3-8-20-16/h2-10H,11H2,1H3,(H,20,21,23). The molecule has 0 saturated heterocycles. The van der Waals surface area contributed by atoms with E-state index in [1.807, 2.05) is 0 Å². The number of nitrogens with one attached hydrogen (secondary N) is 1. The number of hydrogen-bond donors (Lipinski definition) is 1. The Morgan fingerprint density at radius 2 is 2.00 bits per heavy atom. The SMILES string of the molecule is Cc1ccn(-c2ccc3c(c2)OCO3)c(=O)c1C(=O)Nc1ccccn1. The van der Waals surface area contributed by atoms with Crippen molar-refractivity contribution in [3.63, 3.8) is 0 Å². The van der Waals surface area contributed by atoms with Crippen LogP contribution in [0, 0.1) is 6.92 Å². The van der Waals surface area contributed by atoms with Gasteiger partial charge in [-0.25, -0.2) is 4.98 Å². The Morgan fingerprint density at radius 1 is 1.15 bits per heavy atom. The quantitative estimate of drug-likeness (QED) is 0.786. The van der Waals surface area contributed by atoms with Crippen molar-refractivity contribution >= 4 is 11.7 Å². The van der Waals surface area contributed by atoms with E-state index in [1.165, 1.54) is 4.57 Å². The molecule has 0 fully saturated rings. The molecule has 0 saturated carbocycles. The van der Waals surface area contributed by atoms with E-state index < -0.39 is 11.5 Å². The van der Waals surface area contributed by atoms with E-state index >= 15 is 0 Å². The summed E-state index contributed by atoms with van der Waals surface area (Å²) in [6, 6.07) is 12.1. The zero-order valence-corrected chi connectivity index (χ0v) is 13.9. The molecule has 0 radical (unpaired) electrons. The number of pyridine rings is 2. The van der Waals surface area contributed by atoms with Crippen LogP contribution >= 0.6 is 0 Å². The number of aromatic nitrogens is 2. The van der Waals surface area contributed by atoms with Crippen molar-refractivity contribution in [1.82, 2.24) is 9.55 Å². The van der Waals surface area contributed by atoms with Gasteiger partial charge in [-0.2, -0.15) is 0 Å². The molecular formula is C19H15N3O4. The fourth-order valence-corrected chi connectivity index (χ4v) is 2.76. The van der Waals surface area contributed by atoms with Gasteiger partial charge in [-0.1, -0.05) is 6.07 Å². The van der Waals surface area contributed by atoms with E-state index in [0.29, 0.717) is 28.6 Å². The summed E-state index contributed by atoms with van der Waals surface area (Å²) in [5.74, 6) is 1.08. The predicted molar refractivity (Wildman–Crippen MR) is 95.1 cm³/mol. The first-order valence-corrected chi connectivity index (χ1v) is 7.98. The second-order valence-electron chi connectivity index (χ2n) is 5.76. The van der Waals surface area contributed by atoms with Crippen molar-refractivity contribution in [3.8, 4) is 17.2 Å². The fraction of sp³-hybridized carbons (Fsp3) is 0.105. The van der Waals surface area contributed by atoms with E-state index in [0.717, 1.165) is 0 Å². The lowest BCUT2D eigenvalue weighted by Crippen LogP contribution is -2.29. The number of aryl methyl sites for hydroxylation is 1. The Kier molecular flexibility index (Phi) is 3.89. The third-order valence-corrected chi connectivity index (χ3v) is 4.07. The van der Waals surface area contributed by atoms with Crippen molar-refractivity contribution in [1.29, 1.82) is 0 Å². The van der Waals surface area contributed by atoms with Gasteiger partial charge in [-0.15, -0.1) is 0 Å². The van der Waals surface area contributed by atoms with Gasteiger partial charge in [0.1, 0.15) is 11.4 Å². The number of nitrogens with zero attached hydrogens (tertiary/aromatic N) is 2. The number of fused-ring (bicyclic) bond motifs is 1. The molecule has 4 rings (SSSR count). The summed E-state index contributed by atoms with van der Waals surface area (Å²) < 4.78 is 12.0. The van der Waals surface area contributed by atoms with Gasteiger partial charge in [0.05, 0.1) is 5.69 Å². The Bertz CT molecular complexity index is 1040. The van der Waals surface area contributed by atoms with Crippen molar-refractivity contribution in [3.05, 3.63) is 76.3 Å². The van der Waals surface area contributed by atoms with Crippen LogP contribution in [0.25, 0.3) is 5.69 Å². The van der Waals surface area contributed by atoms with Crippen LogP contribution in [0.4, 0.5) is 5.82 Å². The van der Waals surface area contributed by atoms with Gasteiger partial charge < -0.3 is 14.8 Å². The smallest absolute Gasteiger partial charge is 0.268 e. The second kappa shape index (κ2) is 6.36. The van der Waals surface area contributed by atoms with Crippen LogP contribution in [0.3, 0.4) is 0 Å². The van der Waals surface area contributed by atoms with E-state index in [-0.39, 0.29) is 12.4 Å². The first-order valence-electron chi connectivity index (χ1n) is 7.98. The number of anilines is 1. The summed E-state index contributed by atoms with van der Waals surface area (Å²) >= 11 is 0. The maximum absolute atomic E-state index is 12.9. The highest BCUT2D eigenvalue weighted by molar-refractivity contribution is 6.04. The van der Waals surface area contributed by atoms with Crippen LogP contribution in [-0.2, 0) is 0 Å². The Morgan fingerprint density at radius 3 is 2.81 bits per heavy atom. The minimum absolute atomic E-state index is 0.0656. The number of amides is 1. The number of ether oxygens (including phenoxy) is 2. The summed E-state index contributed by atoms with van der Waals surface area (Å²) in [5, 5.41) is 2.65. The summed E-state index contributed by atoms with van der Waals surface area (Å²) in [7, 11) is 0. The molecule has 0 spiro atoms. The highest BCUT2D eigenvalue weighted by Gasteiger charge is 2.19. The zero-order chi connectivity index (χ0) is 18.1. The van der Waals surface area contributed by atoms with E-state index in [9.17, 15) is 9.59 Å². The molecule has 0 aliphatic carbocycles. The molecule has 2 aromatic heterocycles. The molecule has 3 aromatic rings. The number of benzene rings is 1. The lowest BCUT2D eigenvalue weighted by molar-refractivity contribution is 0.102. The van der Waals surface area contributed by atoms with Crippen LogP contribution < -0.4 is 20.3 Å². The first-order chi connectivity index (χ1) is 12.6. The minimum atomic E-state index is -0.499. The van der Waals surface area contributed by atoms with E-state index in [2.05, 4.69) is 10.3 Å². The molecule has 0 bridgehead atoms. The number of carbonyl (C=O) groups is 1. The Balaban J connectivity index is 1.74. The second-order valence-corrected chi connectivity index (χ2v) is 5.76. The minimum Gasteiger partial charge on any atom is -0.454 e. The zero-order valence-electron chi connectivity index (χ0n) is 13.9. The molecule has 1 aromatic carbocycles. The van der Waals surface area contributed by atoms with Gasteiger partial charge in [-0.05, 0) is 42.8 Å². The lowest BCUT2D eigenvalue weighted by Gasteiger charge is -2.11. The molecule has 7 heteroatoms. The van der Waals surface area contributed by atoms with Crippen LogP contribution in [0.5, 0.6) is 11.5 Å². The van der Waals surface area contributed by atoms with Crippen LogP contribution in [0.1, 0.15) is 15.9 Å². The summed E-state index contributed by atoms with van der Waals surface area (Å²) in [6.45, 7) is 1.87. The van der Waals surface area contributed by atoms with E-state index in [1.54, 1.807) is 61.8 Å². The molecule has 1 aliphatic rings. The third-order valence-electron chi connectivity index (χ3n) is 4.07. The molecule has 1 N–H and O–H groups in total. The fourth-order valence-electron chi connectivity index (χ4n) is 2.76. The van der Waals surface area contributed by atoms with E-state index in [4.69, 9.17) is 9.47 Å². The molecule has 7 nitrogen and oxygen atoms in total. The normalized spacial score (nSPS) is 12.0. The van der Waals surface area contributed by atoms with Gasteiger partial charge in [0, 0.05) is 18.5 Å². The first kappa shape index (κ1) is 15.9. The molecule has 1 aliphatic heterocycles. The molecule has 0 unspecified atom stereocenters. The molecule has 0 atom stereocenters. The van der Waals surface area contributed by atoms with Crippen molar-refractivity contribution in [2.75, 3.05) is 12.1 Å². The van der Waals surface area contributed by atoms with Gasteiger partial charge in [0.25, 0.3) is 11.5 Å². The monoisotopic (exact) mass is 349 g/mol. The van der Waals surface area contributed by atoms with Crippen molar-refractivity contribution in [2.45, 2.75) is 6.92 Å². The largest absolute Gasteiger partial charge is 0.454 e. The Labute approximate surface area is 148 Å². The van der Waals surface area contributed by atoms with Gasteiger partial charge in [0.2, 0.25) is 6.79 Å². The predicted octanol–water partition coefficient (Wildman–Crippen LogP) is 2.52. The molecule has 1 amide bonds. The average Bonchev–Trinajstić information content (AvgIpc) is 3.10. The van der Waals surface area contributed by atoms with Crippen molar-refractivity contribution < 1.29 is 14.3 Å². The van der Waals surface area contributed by atoms with Crippen molar-refractivity contribution in [2.24, 2.45) is 0 Å². The topological polar surface area (TPSA) is 82.5 Å². The molecular weight excluding hydrogens is 334 g/mol. The number of carbonyl (C=O) groups excluding carboxylic acids is 1. The molecule has 130 valence electrons. The maximum atomic E-state index is 12.9. The average molecular weight is 349 g/mol. The highest BCUT2D eigenvalue weighted by Crippen LogP contribution is 2.33. The number of hydrogen-bond acceptors (Lipinski definition) is 5. The van der Waals surface area contributed by atoms with Crippen LogP contribution in [-0.4, -0.2) is 22.3 Å². The summed E-state index contributed by atoms with van der Waals surface area (Å²) in [4.78, 5) is 29.6. The maximum Gasteiger partial charge on any atom is 0.268 e. The summed E-state index contributed by atoms with van der Waals surface area (Å²) in [5.41, 5.74) is 0.819. The van der Waals surface area contributed by atoms with Gasteiger partial charge in [-0.3, -0.25) is 14.2 Å². The highest BCUT2D eigenvalue weighted by atomic mass is 16.7. The molecule has 3 heterocycles. The van der Waals surface area contributed by atoms with Gasteiger partial charge >= 0.3 is 0 Å². The van der Waals surface area contributed by atoms with Crippen LogP contribution in [0.2, 0.25) is 0 Å². The number of rotatable bonds is 3. The third kappa shape index (κ3) is 2.79. The lowest BCUT2D eigenvalue weighted by atomic mass is 10.1. The summed E-state index contributed by atoms with van der Waals surface area (Å²) in [6.07, 6.45) is 3.20. The van der Waals surface area contributed by atoms with Gasteiger partial charge in [0.15, 0.2) is 11.5 Å². The Hall–Kier alpha value is -3.61. The molecule has 26 heavy (non-hydrogen) atoms.